The van der Waals surface area contributed by atoms with E-state index in [1.165, 1.54) is 11.1 Å². The highest BCUT2D eigenvalue weighted by Crippen LogP contribution is 2.13. The molecule has 3 rings (SSSR count). The van der Waals surface area contributed by atoms with E-state index in [2.05, 4.69) is 60.5 Å². The van der Waals surface area contributed by atoms with Crippen LogP contribution in [0, 0.1) is 5.92 Å². The van der Waals surface area contributed by atoms with Crippen LogP contribution in [-0.4, -0.2) is 43.7 Å². The summed E-state index contributed by atoms with van der Waals surface area (Å²) in [6.07, 6.45) is 2.50. The second kappa shape index (κ2) is 10.4. The minimum Gasteiger partial charge on any atom is -0.379 e. The third-order valence-electron chi connectivity index (χ3n) is 5.09. The molecule has 1 aliphatic rings. The number of benzene rings is 2. The summed E-state index contributed by atoms with van der Waals surface area (Å²) in [4.78, 5) is 14.8. The van der Waals surface area contributed by atoms with Crippen LogP contribution < -0.4 is 5.32 Å². The van der Waals surface area contributed by atoms with Gasteiger partial charge in [-0.25, -0.2) is 0 Å². The number of ether oxygens (including phenoxy) is 1. The molecule has 0 spiro atoms. The molecule has 0 atom stereocenters. The molecule has 0 aromatic heterocycles. The molecule has 0 unspecified atom stereocenters. The number of rotatable bonds is 8. The average molecular weight is 381 g/mol. The van der Waals surface area contributed by atoms with Gasteiger partial charge < -0.3 is 10.1 Å². The van der Waals surface area contributed by atoms with E-state index >= 15 is 0 Å². The van der Waals surface area contributed by atoms with Gasteiger partial charge in [0.1, 0.15) is 0 Å². The number of nitrogens with one attached hydrogen (secondary N) is 1. The molecule has 2 aromatic carbocycles. The van der Waals surface area contributed by atoms with Crippen molar-refractivity contribution in [2.45, 2.75) is 33.1 Å². The van der Waals surface area contributed by atoms with Gasteiger partial charge in [0.2, 0.25) is 5.91 Å². The van der Waals surface area contributed by atoms with Crippen LogP contribution in [0.5, 0.6) is 0 Å². The van der Waals surface area contributed by atoms with E-state index < -0.39 is 0 Å². The number of carbonyl (C=O) groups excluding carboxylic acids is 1. The highest BCUT2D eigenvalue weighted by molar-refractivity contribution is 5.92. The Morgan fingerprint density at radius 3 is 2.21 bits per heavy atom. The standard InChI is InChI=1S/C24H32N2O2/c1-19(2)17-21-3-5-22(6-4-21)18-24(27)25-23-9-7-20(8-10-23)11-12-26-13-15-28-16-14-26/h3-10,19H,11-18H2,1-2H3,(H,25,27). The van der Waals surface area contributed by atoms with Crippen molar-refractivity contribution < 1.29 is 9.53 Å². The molecule has 0 saturated carbocycles. The predicted octanol–water partition coefficient (Wildman–Crippen LogP) is 3.94. The van der Waals surface area contributed by atoms with E-state index in [4.69, 9.17) is 4.74 Å². The zero-order valence-electron chi connectivity index (χ0n) is 17.1. The smallest absolute Gasteiger partial charge is 0.228 e. The quantitative estimate of drug-likeness (QED) is 0.754. The maximum absolute atomic E-state index is 12.3. The maximum atomic E-state index is 12.3. The zero-order chi connectivity index (χ0) is 19.8. The molecule has 150 valence electrons. The summed E-state index contributed by atoms with van der Waals surface area (Å²) >= 11 is 0. The number of anilines is 1. The van der Waals surface area contributed by atoms with Crippen LogP contribution in [0.2, 0.25) is 0 Å². The lowest BCUT2D eigenvalue weighted by molar-refractivity contribution is -0.115. The summed E-state index contributed by atoms with van der Waals surface area (Å²) in [6.45, 7) is 9.21. The van der Waals surface area contributed by atoms with Crippen LogP contribution >= 0.6 is 0 Å². The molecule has 4 nitrogen and oxygen atoms in total. The minimum absolute atomic E-state index is 0.0256. The fraction of sp³-hybridized carbons (Fsp3) is 0.458. The van der Waals surface area contributed by atoms with Crippen LogP contribution in [0.4, 0.5) is 5.69 Å². The Hall–Kier alpha value is -2.17. The highest BCUT2D eigenvalue weighted by Gasteiger charge is 2.10. The average Bonchev–Trinajstić information content (AvgIpc) is 2.69. The highest BCUT2D eigenvalue weighted by atomic mass is 16.5. The van der Waals surface area contributed by atoms with Gasteiger partial charge in [0.15, 0.2) is 0 Å². The van der Waals surface area contributed by atoms with Gasteiger partial charge in [-0.05, 0) is 47.6 Å². The Balaban J connectivity index is 1.44. The lowest BCUT2D eigenvalue weighted by atomic mass is 10.0. The van der Waals surface area contributed by atoms with Crippen LogP contribution in [0.1, 0.15) is 30.5 Å². The molecule has 1 saturated heterocycles. The second-order valence-electron chi connectivity index (χ2n) is 8.04. The van der Waals surface area contributed by atoms with E-state index in [1.807, 2.05) is 12.1 Å². The van der Waals surface area contributed by atoms with Crippen LogP contribution in [-0.2, 0) is 28.8 Å². The van der Waals surface area contributed by atoms with Gasteiger partial charge in [-0.15, -0.1) is 0 Å². The Morgan fingerprint density at radius 1 is 0.964 bits per heavy atom. The third kappa shape index (κ3) is 6.77. The van der Waals surface area contributed by atoms with Crippen molar-refractivity contribution in [3.63, 3.8) is 0 Å². The molecule has 0 aliphatic carbocycles. The number of hydrogen-bond acceptors (Lipinski definition) is 3. The molecule has 0 radical (unpaired) electrons. The fourth-order valence-electron chi connectivity index (χ4n) is 3.52. The minimum atomic E-state index is 0.0256. The van der Waals surface area contributed by atoms with Gasteiger partial charge in [0.05, 0.1) is 19.6 Å². The topological polar surface area (TPSA) is 41.6 Å². The second-order valence-corrected chi connectivity index (χ2v) is 8.04. The van der Waals surface area contributed by atoms with Crippen molar-refractivity contribution in [1.82, 2.24) is 4.90 Å². The van der Waals surface area contributed by atoms with Crippen LogP contribution in [0.3, 0.4) is 0 Å². The summed E-state index contributed by atoms with van der Waals surface area (Å²) < 4.78 is 5.39. The van der Waals surface area contributed by atoms with Crippen molar-refractivity contribution in [2.24, 2.45) is 5.92 Å². The van der Waals surface area contributed by atoms with E-state index in [1.54, 1.807) is 0 Å². The summed E-state index contributed by atoms with van der Waals surface area (Å²) in [7, 11) is 0. The number of nitrogens with zero attached hydrogens (tertiary/aromatic N) is 1. The summed E-state index contributed by atoms with van der Waals surface area (Å²) in [5, 5.41) is 3.00. The molecule has 28 heavy (non-hydrogen) atoms. The van der Waals surface area contributed by atoms with E-state index in [0.29, 0.717) is 12.3 Å². The first-order valence-electron chi connectivity index (χ1n) is 10.4. The van der Waals surface area contributed by atoms with Gasteiger partial charge in [-0.3, -0.25) is 9.69 Å². The van der Waals surface area contributed by atoms with Crippen molar-refractivity contribution in [1.29, 1.82) is 0 Å². The Labute approximate surface area is 168 Å². The van der Waals surface area contributed by atoms with Crippen molar-refractivity contribution in [3.8, 4) is 0 Å². The summed E-state index contributed by atoms with van der Waals surface area (Å²) in [5.41, 5.74) is 4.53. The predicted molar refractivity (Wildman–Crippen MR) is 115 cm³/mol. The van der Waals surface area contributed by atoms with Crippen molar-refractivity contribution in [2.75, 3.05) is 38.2 Å². The normalized spacial score (nSPS) is 15.0. The van der Waals surface area contributed by atoms with E-state index in [-0.39, 0.29) is 5.91 Å². The first-order valence-corrected chi connectivity index (χ1v) is 10.4. The van der Waals surface area contributed by atoms with Gasteiger partial charge in [-0.1, -0.05) is 50.2 Å². The first kappa shape index (κ1) is 20.6. The van der Waals surface area contributed by atoms with Gasteiger partial charge in [-0.2, -0.15) is 0 Å². The van der Waals surface area contributed by atoms with Crippen LogP contribution in [0.15, 0.2) is 48.5 Å². The summed E-state index contributed by atoms with van der Waals surface area (Å²) in [6, 6.07) is 16.6. The summed E-state index contributed by atoms with van der Waals surface area (Å²) in [5.74, 6) is 0.670. The van der Waals surface area contributed by atoms with Crippen molar-refractivity contribution in [3.05, 3.63) is 65.2 Å². The van der Waals surface area contributed by atoms with Gasteiger partial charge in [0.25, 0.3) is 0 Å². The Kier molecular flexibility index (Phi) is 7.63. The molecule has 1 fully saturated rings. The first-order chi connectivity index (χ1) is 13.6. The van der Waals surface area contributed by atoms with Gasteiger partial charge in [0, 0.05) is 25.3 Å². The molecule has 0 bridgehead atoms. The van der Waals surface area contributed by atoms with Crippen molar-refractivity contribution >= 4 is 11.6 Å². The molecule has 1 N–H and O–H groups in total. The largest absolute Gasteiger partial charge is 0.379 e. The molecule has 1 aliphatic heterocycles. The molecule has 2 aromatic rings. The molecular weight excluding hydrogens is 348 g/mol. The molecule has 1 amide bonds. The number of hydrogen-bond donors (Lipinski definition) is 1. The van der Waals surface area contributed by atoms with Gasteiger partial charge >= 0.3 is 0 Å². The molecule has 4 heteroatoms. The zero-order valence-corrected chi connectivity index (χ0v) is 17.1. The lowest BCUT2D eigenvalue weighted by Gasteiger charge is -2.26. The number of morpholine rings is 1. The van der Waals surface area contributed by atoms with E-state index in [0.717, 1.165) is 56.9 Å². The molecule has 1 heterocycles. The molecular formula is C24H32N2O2. The lowest BCUT2D eigenvalue weighted by Crippen LogP contribution is -2.37. The van der Waals surface area contributed by atoms with Crippen LogP contribution in [0.25, 0.3) is 0 Å². The third-order valence-corrected chi connectivity index (χ3v) is 5.09. The monoisotopic (exact) mass is 380 g/mol. The number of carbonyl (C=O) groups is 1. The Bertz CT molecular complexity index is 732. The SMILES string of the molecule is CC(C)Cc1ccc(CC(=O)Nc2ccc(CCN3CCOCC3)cc2)cc1. The number of amides is 1. The maximum Gasteiger partial charge on any atom is 0.228 e. The van der Waals surface area contributed by atoms with E-state index in [9.17, 15) is 4.79 Å². The Morgan fingerprint density at radius 2 is 1.57 bits per heavy atom. The fourth-order valence-corrected chi connectivity index (χ4v) is 3.52.